The van der Waals surface area contributed by atoms with E-state index in [-0.39, 0.29) is 11.3 Å². The molecule has 4 rings (SSSR count). The standard InChI is InChI=1S/C19H22N4O/c1-22-12-15(16-5-2-3-6-17(16)22)11-18(24)20-13-19(7-8-19)14-23-10-4-9-21-23/h2-6,9-10,12H,7-8,11,13-14H2,1H3,(H,20,24). The maximum atomic E-state index is 12.4. The van der Waals surface area contributed by atoms with Crippen LogP contribution in [0.4, 0.5) is 0 Å². The SMILES string of the molecule is Cn1cc(CC(=O)NCC2(Cn3cccn3)CC2)c2ccccc21. The van der Waals surface area contributed by atoms with E-state index in [1.807, 2.05) is 36.1 Å². The first-order valence-electron chi connectivity index (χ1n) is 8.42. The first kappa shape index (κ1) is 15.0. The Kier molecular flexibility index (Phi) is 3.63. The minimum atomic E-state index is 0.0955. The van der Waals surface area contributed by atoms with Crippen molar-refractivity contribution in [2.45, 2.75) is 25.8 Å². The molecule has 1 aliphatic carbocycles. The second-order valence-electron chi connectivity index (χ2n) is 6.94. The summed E-state index contributed by atoms with van der Waals surface area (Å²) in [7, 11) is 2.02. The highest BCUT2D eigenvalue weighted by atomic mass is 16.1. The summed E-state index contributed by atoms with van der Waals surface area (Å²) in [5.41, 5.74) is 2.45. The molecule has 1 aliphatic rings. The highest BCUT2D eigenvalue weighted by Crippen LogP contribution is 2.46. The van der Waals surface area contributed by atoms with E-state index >= 15 is 0 Å². The van der Waals surface area contributed by atoms with Crippen molar-refractivity contribution in [3.05, 3.63) is 54.5 Å². The summed E-state index contributed by atoms with van der Waals surface area (Å²) in [6, 6.07) is 10.2. The average Bonchev–Trinajstić information content (AvgIpc) is 3.00. The van der Waals surface area contributed by atoms with Crippen LogP contribution >= 0.6 is 0 Å². The van der Waals surface area contributed by atoms with Crippen molar-refractivity contribution >= 4 is 16.8 Å². The summed E-state index contributed by atoms with van der Waals surface area (Å²) >= 11 is 0. The molecule has 1 amide bonds. The van der Waals surface area contributed by atoms with Gasteiger partial charge in [-0.2, -0.15) is 5.10 Å². The van der Waals surface area contributed by atoms with E-state index in [4.69, 9.17) is 0 Å². The minimum Gasteiger partial charge on any atom is -0.355 e. The second-order valence-corrected chi connectivity index (χ2v) is 6.94. The molecule has 2 heterocycles. The molecule has 0 spiro atoms. The zero-order valence-corrected chi connectivity index (χ0v) is 13.9. The number of para-hydroxylation sites is 1. The highest BCUT2D eigenvalue weighted by molar-refractivity contribution is 5.89. The third-order valence-electron chi connectivity index (χ3n) is 5.00. The summed E-state index contributed by atoms with van der Waals surface area (Å²) < 4.78 is 4.04. The number of rotatable bonds is 6. The number of aryl methyl sites for hydroxylation is 1. The Hall–Kier alpha value is -2.56. The number of nitrogens with one attached hydrogen (secondary N) is 1. The minimum absolute atomic E-state index is 0.0955. The first-order chi connectivity index (χ1) is 11.7. The number of nitrogens with zero attached hydrogens (tertiary/aromatic N) is 3. The Balaban J connectivity index is 1.38. The molecule has 5 heteroatoms. The molecule has 0 saturated heterocycles. The number of hydrogen-bond donors (Lipinski definition) is 1. The predicted molar refractivity (Wildman–Crippen MR) is 93.5 cm³/mol. The molecule has 0 unspecified atom stereocenters. The Bertz CT molecular complexity index is 859. The summed E-state index contributed by atoms with van der Waals surface area (Å²) in [5, 5.41) is 8.57. The maximum absolute atomic E-state index is 12.4. The number of hydrogen-bond acceptors (Lipinski definition) is 2. The zero-order chi connectivity index (χ0) is 16.6. The monoisotopic (exact) mass is 322 g/mol. The van der Waals surface area contributed by atoms with Crippen molar-refractivity contribution in [2.75, 3.05) is 6.54 Å². The third kappa shape index (κ3) is 2.94. The first-order valence-corrected chi connectivity index (χ1v) is 8.42. The van der Waals surface area contributed by atoms with Gasteiger partial charge in [-0.15, -0.1) is 0 Å². The Labute approximate surface area is 141 Å². The van der Waals surface area contributed by atoms with Crippen LogP contribution in [0.3, 0.4) is 0 Å². The molecule has 5 nitrogen and oxygen atoms in total. The van der Waals surface area contributed by atoms with Crippen LogP contribution < -0.4 is 5.32 Å². The molecule has 1 aromatic carbocycles. The van der Waals surface area contributed by atoms with Crippen molar-refractivity contribution in [3.8, 4) is 0 Å². The number of aromatic nitrogens is 3. The lowest BCUT2D eigenvalue weighted by molar-refractivity contribution is -0.120. The predicted octanol–water partition coefficient (Wildman–Crippen LogP) is 2.51. The Morgan fingerprint density at radius 1 is 1.29 bits per heavy atom. The van der Waals surface area contributed by atoms with Crippen molar-refractivity contribution in [2.24, 2.45) is 12.5 Å². The van der Waals surface area contributed by atoms with Gasteiger partial charge in [-0.1, -0.05) is 18.2 Å². The fourth-order valence-electron chi connectivity index (χ4n) is 3.39. The van der Waals surface area contributed by atoms with E-state index < -0.39 is 0 Å². The van der Waals surface area contributed by atoms with Crippen LogP contribution in [0.1, 0.15) is 18.4 Å². The number of carbonyl (C=O) groups is 1. The highest BCUT2D eigenvalue weighted by Gasteiger charge is 2.43. The smallest absolute Gasteiger partial charge is 0.224 e. The van der Waals surface area contributed by atoms with Crippen LogP contribution in [0.5, 0.6) is 0 Å². The zero-order valence-electron chi connectivity index (χ0n) is 13.9. The van der Waals surface area contributed by atoms with Gasteiger partial charge in [-0.25, -0.2) is 0 Å². The fraction of sp³-hybridized carbons (Fsp3) is 0.368. The maximum Gasteiger partial charge on any atom is 0.224 e. The van der Waals surface area contributed by atoms with Crippen molar-refractivity contribution < 1.29 is 4.79 Å². The molecule has 1 saturated carbocycles. The molecule has 3 aromatic rings. The van der Waals surface area contributed by atoms with Gasteiger partial charge in [0.25, 0.3) is 0 Å². The van der Waals surface area contributed by atoms with Gasteiger partial charge in [-0.05, 0) is 30.5 Å². The van der Waals surface area contributed by atoms with Gasteiger partial charge in [0.05, 0.1) is 6.42 Å². The van der Waals surface area contributed by atoms with Gasteiger partial charge in [0.1, 0.15) is 0 Å². The van der Waals surface area contributed by atoms with Crippen LogP contribution in [-0.4, -0.2) is 26.8 Å². The molecule has 0 aliphatic heterocycles. The normalized spacial score (nSPS) is 15.5. The van der Waals surface area contributed by atoms with E-state index in [0.717, 1.165) is 42.4 Å². The van der Waals surface area contributed by atoms with Crippen molar-refractivity contribution in [1.82, 2.24) is 19.7 Å². The molecule has 1 fully saturated rings. The lowest BCUT2D eigenvalue weighted by Gasteiger charge is -2.16. The van der Waals surface area contributed by atoms with Gasteiger partial charge in [0.2, 0.25) is 5.91 Å². The molecule has 0 bridgehead atoms. The van der Waals surface area contributed by atoms with Crippen LogP contribution in [-0.2, 0) is 24.8 Å². The van der Waals surface area contributed by atoms with Crippen LogP contribution in [0, 0.1) is 5.41 Å². The van der Waals surface area contributed by atoms with E-state index in [1.165, 1.54) is 0 Å². The van der Waals surface area contributed by atoms with Crippen LogP contribution in [0.15, 0.2) is 48.9 Å². The van der Waals surface area contributed by atoms with Gasteiger partial charge in [0.15, 0.2) is 0 Å². The molecule has 0 radical (unpaired) electrons. The molecular weight excluding hydrogens is 300 g/mol. The van der Waals surface area contributed by atoms with Crippen molar-refractivity contribution in [1.29, 1.82) is 0 Å². The lowest BCUT2D eigenvalue weighted by Crippen LogP contribution is -2.33. The quantitative estimate of drug-likeness (QED) is 0.758. The van der Waals surface area contributed by atoms with Crippen LogP contribution in [0.2, 0.25) is 0 Å². The van der Waals surface area contributed by atoms with E-state index in [9.17, 15) is 4.79 Å². The molecule has 2 aromatic heterocycles. The number of benzene rings is 1. The van der Waals surface area contributed by atoms with E-state index in [0.29, 0.717) is 6.42 Å². The molecule has 0 atom stereocenters. The Morgan fingerprint density at radius 2 is 2.12 bits per heavy atom. The summed E-state index contributed by atoms with van der Waals surface area (Å²) in [6.45, 7) is 1.62. The van der Waals surface area contributed by atoms with Gasteiger partial charge in [-0.3, -0.25) is 9.48 Å². The number of amides is 1. The van der Waals surface area contributed by atoms with Crippen molar-refractivity contribution in [3.63, 3.8) is 0 Å². The lowest BCUT2D eigenvalue weighted by atomic mass is 10.1. The second kappa shape index (κ2) is 5.82. The van der Waals surface area contributed by atoms with Gasteiger partial charge >= 0.3 is 0 Å². The third-order valence-corrected chi connectivity index (χ3v) is 5.00. The van der Waals surface area contributed by atoms with Gasteiger partial charge in [0, 0.05) is 55.0 Å². The number of carbonyl (C=O) groups excluding carboxylic acids is 1. The summed E-state index contributed by atoms with van der Waals surface area (Å²) in [4.78, 5) is 12.4. The molecule has 1 N–H and O–H groups in total. The van der Waals surface area contributed by atoms with E-state index in [2.05, 4.69) is 33.3 Å². The number of fused-ring (bicyclic) bond motifs is 1. The van der Waals surface area contributed by atoms with E-state index in [1.54, 1.807) is 6.20 Å². The summed E-state index contributed by atoms with van der Waals surface area (Å²) in [5.74, 6) is 0.0955. The topological polar surface area (TPSA) is 51.9 Å². The summed E-state index contributed by atoms with van der Waals surface area (Å²) in [6.07, 6.45) is 8.58. The van der Waals surface area contributed by atoms with Gasteiger partial charge < -0.3 is 9.88 Å². The average molecular weight is 322 g/mol. The fourth-order valence-corrected chi connectivity index (χ4v) is 3.39. The molecular formula is C19H22N4O. The molecule has 24 heavy (non-hydrogen) atoms. The van der Waals surface area contributed by atoms with Crippen LogP contribution in [0.25, 0.3) is 10.9 Å². The Morgan fingerprint density at radius 3 is 2.88 bits per heavy atom. The largest absolute Gasteiger partial charge is 0.355 e. The molecule has 124 valence electrons.